The molecule has 0 atom stereocenters. The van der Waals surface area contributed by atoms with Crippen molar-refractivity contribution < 1.29 is 39.9 Å². The fraction of sp³-hybridized carbons (Fsp3) is 0.286. The highest BCUT2D eigenvalue weighted by Crippen LogP contribution is 2.31. The van der Waals surface area contributed by atoms with E-state index in [1.165, 1.54) is 41.3 Å². The zero-order valence-corrected chi connectivity index (χ0v) is 17.8. The number of carbonyl (C=O) groups excluding carboxylic acids is 1. The van der Waals surface area contributed by atoms with Gasteiger partial charge in [-0.3, -0.25) is 4.79 Å². The van der Waals surface area contributed by atoms with Crippen molar-refractivity contribution in [2.24, 2.45) is 0 Å². The summed E-state index contributed by atoms with van der Waals surface area (Å²) in [6.45, 7) is -2.97. The third-order valence-corrected chi connectivity index (χ3v) is 6.77. The Hall–Kier alpha value is -2.99. The van der Waals surface area contributed by atoms with Crippen molar-refractivity contribution in [3.05, 3.63) is 65.7 Å². The van der Waals surface area contributed by atoms with Crippen molar-refractivity contribution in [2.45, 2.75) is 17.7 Å². The van der Waals surface area contributed by atoms with Crippen LogP contribution in [0.2, 0.25) is 0 Å². The number of rotatable bonds is 6. The first-order chi connectivity index (χ1) is 15.5. The second-order valence-corrected chi connectivity index (χ2v) is 8.97. The summed E-state index contributed by atoms with van der Waals surface area (Å²) in [5.41, 5.74) is -0.493. The minimum Gasteiger partial charge on any atom is -0.435 e. The lowest BCUT2D eigenvalue weighted by molar-refractivity contribution is -0.137. The van der Waals surface area contributed by atoms with Gasteiger partial charge < -0.3 is 9.64 Å². The van der Waals surface area contributed by atoms with Crippen molar-refractivity contribution in [3.8, 4) is 5.75 Å². The Kier molecular flexibility index (Phi) is 7.38. The number of sulfonamides is 1. The second-order valence-electron chi connectivity index (χ2n) is 7.04. The van der Waals surface area contributed by atoms with Gasteiger partial charge in [0.2, 0.25) is 15.9 Å². The predicted molar refractivity (Wildman–Crippen MR) is 109 cm³/mol. The Balaban J connectivity index is 1.60. The van der Waals surface area contributed by atoms with E-state index < -0.39 is 33.3 Å². The summed E-state index contributed by atoms with van der Waals surface area (Å²) in [6, 6.07) is 9.15. The van der Waals surface area contributed by atoms with E-state index in [9.17, 15) is 35.2 Å². The Morgan fingerprint density at radius 2 is 1.64 bits per heavy atom. The monoisotopic (exact) mass is 490 g/mol. The maximum Gasteiger partial charge on any atom is 0.416 e. The summed E-state index contributed by atoms with van der Waals surface area (Å²) in [5.74, 6) is -0.411. The van der Waals surface area contributed by atoms with Crippen LogP contribution in [0.15, 0.2) is 59.5 Å². The lowest BCUT2D eigenvalue weighted by Crippen LogP contribution is -2.50. The van der Waals surface area contributed by atoms with Crippen molar-refractivity contribution in [1.82, 2.24) is 9.21 Å². The molecule has 0 aliphatic carbocycles. The van der Waals surface area contributed by atoms with Gasteiger partial charge in [-0.05, 0) is 42.0 Å². The molecule has 33 heavy (non-hydrogen) atoms. The molecule has 1 aliphatic rings. The summed E-state index contributed by atoms with van der Waals surface area (Å²) in [4.78, 5) is 13.3. The number of benzene rings is 2. The molecule has 0 spiro atoms. The van der Waals surface area contributed by atoms with E-state index in [4.69, 9.17) is 0 Å². The molecule has 0 radical (unpaired) electrons. The van der Waals surface area contributed by atoms with E-state index >= 15 is 0 Å². The number of ether oxygens (including phenoxy) is 1. The highest BCUT2D eigenvalue weighted by atomic mass is 32.2. The number of amides is 1. The number of halogens is 5. The molecule has 6 nitrogen and oxygen atoms in total. The number of hydrogen-bond acceptors (Lipinski definition) is 4. The molecule has 1 aliphatic heterocycles. The van der Waals surface area contributed by atoms with Crippen LogP contribution in [0.5, 0.6) is 5.75 Å². The van der Waals surface area contributed by atoms with Crippen molar-refractivity contribution in [1.29, 1.82) is 0 Å². The van der Waals surface area contributed by atoms with Gasteiger partial charge in [-0.25, -0.2) is 8.42 Å². The lowest BCUT2D eigenvalue weighted by atomic mass is 10.2. The van der Waals surface area contributed by atoms with Gasteiger partial charge in [0.15, 0.2) is 0 Å². The third kappa shape index (κ3) is 6.29. The van der Waals surface area contributed by atoms with Gasteiger partial charge in [0.05, 0.1) is 10.5 Å². The summed E-state index contributed by atoms with van der Waals surface area (Å²) >= 11 is 0. The minimum absolute atomic E-state index is 0.0217. The Labute approximate surface area is 186 Å². The Morgan fingerprint density at radius 1 is 1.00 bits per heavy atom. The molecular formula is C21H19F5N2O4S. The summed E-state index contributed by atoms with van der Waals surface area (Å²) in [7, 11) is -4.15. The molecule has 1 saturated heterocycles. The standard InChI is InChI=1S/C21H19F5N2O4S/c22-20(23)32-17-7-4-15(5-8-17)6-9-19(29)27-10-12-28(13-11-27)33(30,31)18-3-1-2-16(14-18)21(24,25)26/h1-9,14,20H,10-13H2/b9-6+. The van der Waals surface area contributed by atoms with Crippen LogP contribution in [0.1, 0.15) is 11.1 Å². The van der Waals surface area contributed by atoms with Crippen LogP contribution in [0.3, 0.4) is 0 Å². The number of nitrogens with zero attached hydrogens (tertiary/aromatic N) is 2. The van der Waals surface area contributed by atoms with Gasteiger partial charge in [-0.2, -0.15) is 26.3 Å². The van der Waals surface area contributed by atoms with Crippen molar-refractivity contribution >= 4 is 22.0 Å². The minimum atomic E-state index is -4.67. The highest BCUT2D eigenvalue weighted by molar-refractivity contribution is 7.89. The summed E-state index contributed by atoms with van der Waals surface area (Å²) < 4.78 is 93.8. The van der Waals surface area contributed by atoms with Crippen LogP contribution in [-0.4, -0.2) is 56.3 Å². The van der Waals surface area contributed by atoms with Crippen LogP contribution in [0.25, 0.3) is 6.08 Å². The molecule has 1 heterocycles. The second kappa shape index (κ2) is 9.87. The SMILES string of the molecule is O=C(/C=C/c1ccc(OC(F)F)cc1)N1CCN(S(=O)(=O)c2cccc(C(F)(F)F)c2)CC1. The number of carbonyl (C=O) groups is 1. The first kappa shape index (κ1) is 24.6. The molecule has 0 N–H and O–H groups in total. The van der Waals surface area contributed by atoms with Crippen molar-refractivity contribution in [2.75, 3.05) is 26.2 Å². The molecule has 1 fully saturated rings. The zero-order valence-electron chi connectivity index (χ0n) is 17.0. The quantitative estimate of drug-likeness (QED) is 0.456. The van der Waals surface area contributed by atoms with Crippen LogP contribution in [0, 0.1) is 0 Å². The molecule has 178 valence electrons. The lowest BCUT2D eigenvalue weighted by Gasteiger charge is -2.33. The van der Waals surface area contributed by atoms with Gasteiger partial charge in [0.1, 0.15) is 5.75 Å². The molecular weight excluding hydrogens is 471 g/mol. The van der Waals surface area contributed by atoms with E-state index in [0.717, 1.165) is 22.5 Å². The first-order valence-corrected chi connectivity index (χ1v) is 11.1. The van der Waals surface area contributed by atoms with Crippen LogP contribution < -0.4 is 4.74 Å². The van der Waals surface area contributed by atoms with Gasteiger partial charge in [0.25, 0.3) is 0 Å². The number of hydrogen-bond donors (Lipinski definition) is 0. The van der Waals surface area contributed by atoms with E-state index in [1.54, 1.807) is 0 Å². The molecule has 1 amide bonds. The molecule has 0 aromatic heterocycles. The molecule has 0 unspecified atom stereocenters. The van der Waals surface area contributed by atoms with Gasteiger partial charge in [0, 0.05) is 32.3 Å². The van der Waals surface area contributed by atoms with E-state index in [2.05, 4.69) is 4.74 Å². The van der Waals surface area contributed by atoms with E-state index in [-0.39, 0.29) is 37.8 Å². The van der Waals surface area contributed by atoms with Crippen molar-refractivity contribution in [3.63, 3.8) is 0 Å². The predicted octanol–water partition coefficient (Wildman–Crippen LogP) is 3.85. The van der Waals surface area contributed by atoms with Gasteiger partial charge in [-0.1, -0.05) is 18.2 Å². The van der Waals surface area contributed by atoms with Gasteiger partial charge >= 0.3 is 12.8 Å². The third-order valence-electron chi connectivity index (χ3n) is 4.87. The normalized spacial score (nSPS) is 15.9. The smallest absolute Gasteiger partial charge is 0.416 e. The summed E-state index contributed by atoms with van der Waals surface area (Å²) in [5, 5.41) is 0. The fourth-order valence-electron chi connectivity index (χ4n) is 3.16. The molecule has 2 aromatic carbocycles. The maximum atomic E-state index is 12.9. The molecule has 0 bridgehead atoms. The number of alkyl halides is 5. The molecule has 3 rings (SSSR count). The maximum absolute atomic E-state index is 12.9. The largest absolute Gasteiger partial charge is 0.435 e. The Morgan fingerprint density at radius 3 is 2.21 bits per heavy atom. The highest BCUT2D eigenvalue weighted by Gasteiger charge is 2.34. The summed E-state index contributed by atoms with van der Waals surface area (Å²) in [6.07, 6.45) is -1.93. The average Bonchev–Trinajstić information content (AvgIpc) is 2.77. The Bertz CT molecular complexity index is 1110. The van der Waals surface area contributed by atoms with Crippen LogP contribution >= 0.6 is 0 Å². The number of piperazine rings is 1. The van der Waals surface area contributed by atoms with Crippen LogP contribution in [0.4, 0.5) is 22.0 Å². The molecule has 0 saturated carbocycles. The van der Waals surface area contributed by atoms with E-state index in [1.807, 2.05) is 0 Å². The van der Waals surface area contributed by atoms with Gasteiger partial charge in [-0.15, -0.1) is 0 Å². The van der Waals surface area contributed by atoms with Crippen LogP contribution in [-0.2, 0) is 21.0 Å². The molecule has 2 aromatic rings. The topological polar surface area (TPSA) is 66.9 Å². The van der Waals surface area contributed by atoms with E-state index in [0.29, 0.717) is 11.6 Å². The zero-order chi connectivity index (χ0) is 24.2. The first-order valence-electron chi connectivity index (χ1n) is 9.66. The average molecular weight is 490 g/mol. The fourth-order valence-corrected chi connectivity index (χ4v) is 4.63. The molecule has 12 heteroatoms.